The summed E-state index contributed by atoms with van der Waals surface area (Å²) in [5.74, 6) is 0. The fraction of sp³-hybridized carbons (Fsp3) is 0. The van der Waals surface area contributed by atoms with Gasteiger partial charge >= 0.3 is 0 Å². The lowest BCUT2D eigenvalue weighted by molar-refractivity contribution is 1.14. The van der Waals surface area contributed by atoms with E-state index in [1.165, 1.54) is 0 Å². The van der Waals surface area contributed by atoms with Crippen LogP contribution in [-0.2, 0) is 0 Å². The van der Waals surface area contributed by atoms with Crippen LogP contribution in [0, 0.1) is 0 Å². The largest absolute Gasteiger partial charge is 0.206 e. The van der Waals surface area contributed by atoms with Gasteiger partial charge in [0.05, 0.1) is 0 Å². The second kappa shape index (κ2) is 3.84. The van der Waals surface area contributed by atoms with Gasteiger partial charge in [0.1, 0.15) is 0 Å². The fourth-order valence-electron chi connectivity index (χ4n) is 0.0169. The van der Waals surface area contributed by atoms with Gasteiger partial charge in [-0.15, -0.1) is 5.53 Å². The highest BCUT2D eigenvalue weighted by atomic mass is 127. The van der Waals surface area contributed by atoms with E-state index in [0.717, 1.165) is 0 Å². The van der Waals surface area contributed by atoms with Crippen LogP contribution >= 0.6 is 22.9 Å². The summed E-state index contributed by atoms with van der Waals surface area (Å²) < 4.78 is 2.20. The molecule has 0 radical (unpaired) electrons. The molecule has 0 saturated heterocycles. The predicted octanol–water partition coefficient (Wildman–Crippen LogP) is 1.15. The van der Waals surface area contributed by atoms with Gasteiger partial charge in [0.15, 0.2) is 0 Å². The molecule has 0 fully saturated rings. The van der Waals surface area contributed by atoms with E-state index in [-0.39, 0.29) is 0 Å². The molecule has 5 heavy (non-hydrogen) atoms. The molecule has 0 atom stereocenters. The Labute approximate surface area is 42.6 Å². The summed E-state index contributed by atoms with van der Waals surface area (Å²) in [4.78, 5) is 2.36. The summed E-state index contributed by atoms with van der Waals surface area (Å²) >= 11 is 1.72. The van der Waals surface area contributed by atoms with Crippen LogP contribution in [0.2, 0.25) is 0 Å². The minimum absolute atomic E-state index is 1.72. The van der Waals surface area contributed by atoms with Gasteiger partial charge in [0.2, 0.25) is 22.9 Å². The van der Waals surface area contributed by atoms with Crippen LogP contribution in [0.5, 0.6) is 0 Å². The van der Waals surface area contributed by atoms with Crippen molar-refractivity contribution in [3.05, 3.63) is 10.4 Å². The van der Waals surface area contributed by atoms with Crippen LogP contribution < -0.4 is 3.64 Å². The van der Waals surface area contributed by atoms with Crippen LogP contribution in [0.15, 0.2) is 5.22 Å². The molecule has 4 nitrogen and oxygen atoms in total. The molecule has 0 aromatic carbocycles. The summed E-state index contributed by atoms with van der Waals surface area (Å²) in [7, 11) is 0. The highest BCUT2D eigenvalue weighted by Crippen LogP contribution is 1.65. The summed E-state index contributed by atoms with van der Waals surface area (Å²) in [6, 6.07) is 0. The van der Waals surface area contributed by atoms with E-state index >= 15 is 0 Å². The van der Waals surface area contributed by atoms with Crippen LogP contribution in [0.3, 0.4) is 0 Å². The third-order valence-corrected chi connectivity index (χ3v) is 0.298. The Hall–Kier alpha value is -0.160. The van der Waals surface area contributed by atoms with Gasteiger partial charge in [-0.1, -0.05) is 0 Å². The third kappa shape index (κ3) is 3.84. The van der Waals surface area contributed by atoms with Crippen LogP contribution in [0.4, 0.5) is 0 Å². The minimum Gasteiger partial charge on any atom is -0.202 e. The molecule has 0 saturated carbocycles. The highest BCUT2D eigenvalue weighted by Gasteiger charge is 1.48. The number of rotatable bonds is 1. The Bertz CT molecular complexity index is 50.7. The molecule has 1 N–H and O–H groups in total. The van der Waals surface area contributed by atoms with E-state index in [0.29, 0.717) is 0 Å². The predicted molar refractivity (Wildman–Crippen MR) is 26.3 cm³/mol. The van der Waals surface area contributed by atoms with Gasteiger partial charge in [-0.05, 0) is 5.22 Å². The lowest BCUT2D eigenvalue weighted by atomic mass is 12.7. The first-order valence-corrected chi connectivity index (χ1v) is 1.89. The van der Waals surface area contributed by atoms with E-state index in [9.17, 15) is 0 Å². The van der Waals surface area contributed by atoms with Crippen molar-refractivity contribution in [2.75, 3.05) is 0 Å². The molecule has 28 valence electrons. The molecule has 0 unspecified atom stereocenters. The topological polar surface area (TPSA) is 60.8 Å². The summed E-state index contributed by atoms with van der Waals surface area (Å²) in [6.07, 6.45) is 0. The Morgan fingerprint density at radius 2 is 2.60 bits per heavy atom. The van der Waals surface area contributed by atoms with Gasteiger partial charge in [0.25, 0.3) is 0 Å². The highest BCUT2D eigenvalue weighted by molar-refractivity contribution is 14.1. The van der Waals surface area contributed by atoms with Crippen molar-refractivity contribution in [1.82, 2.24) is 3.64 Å². The summed E-state index contributed by atoms with van der Waals surface area (Å²) in [5.41, 5.74) is 7.46. The first kappa shape index (κ1) is 4.84. The second-order valence-corrected chi connectivity index (χ2v) is 0.756. The number of azide groups is 1. The maximum Gasteiger partial charge on any atom is 0.206 e. The standard InChI is InChI=1S/HIN4/c1-3-5-4-2/h3H. The van der Waals surface area contributed by atoms with E-state index < -0.39 is 0 Å². The molecule has 0 bridgehead atoms. The average molecular weight is 184 g/mol. The number of hydrogen-bond donors (Lipinski definition) is 1. The summed E-state index contributed by atoms with van der Waals surface area (Å²) in [6.45, 7) is 0. The lowest BCUT2D eigenvalue weighted by Crippen LogP contribution is -1.71. The molecular weight excluding hydrogens is 183 g/mol. The zero-order valence-electron chi connectivity index (χ0n) is 2.22. The van der Waals surface area contributed by atoms with E-state index in [2.05, 4.69) is 13.8 Å². The molecule has 0 aliphatic rings. The van der Waals surface area contributed by atoms with Crippen molar-refractivity contribution in [1.29, 1.82) is 0 Å². The minimum atomic E-state index is 1.72. The van der Waals surface area contributed by atoms with Gasteiger partial charge in [-0.3, -0.25) is 0 Å². The number of halogens is 1. The normalized spacial score (nSPS) is 5.00. The van der Waals surface area contributed by atoms with Crippen molar-refractivity contribution in [3.63, 3.8) is 0 Å². The molecule has 0 amide bonds. The Morgan fingerprint density at radius 1 is 2.00 bits per heavy atom. The molecule has 0 aliphatic carbocycles. The van der Waals surface area contributed by atoms with Crippen LogP contribution in [0.1, 0.15) is 0 Å². The second-order valence-electron chi connectivity index (χ2n) is 0.274. The maximum atomic E-state index is 7.46. The smallest absolute Gasteiger partial charge is 0.202 e. The summed E-state index contributed by atoms with van der Waals surface area (Å²) in [5, 5.41) is 2.89. The molecule has 0 aliphatic heterocycles. The fourth-order valence-corrected chi connectivity index (χ4v) is 0.113. The van der Waals surface area contributed by atoms with Crippen molar-refractivity contribution in [3.8, 4) is 0 Å². The molecule has 0 spiro atoms. The SMILES string of the molecule is [N-]=[N+]=NNI. The first-order chi connectivity index (χ1) is 2.41. The van der Waals surface area contributed by atoms with E-state index in [1.807, 2.05) is 0 Å². The van der Waals surface area contributed by atoms with Gasteiger partial charge < -0.3 is 0 Å². The quantitative estimate of drug-likeness (QED) is 0.163. The zero-order valence-corrected chi connectivity index (χ0v) is 4.38. The molecule has 0 rings (SSSR count). The molecular formula is HIN4. The first-order valence-electron chi connectivity index (χ1n) is 0.813. The number of hydrogen-bond acceptors (Lipinski definition) is 1. The average Bonchev–Trinajstić information content (AvgIpc) is 1.41. The van der Waals surface area contributed by atoms with Crippen molar-refractivity contribution in [2.24, 2.45) is 5.22 Å². The van der Waals surface area contributed by atoms with Crippen LogP contribution in [-0.4, -0.2) is 0 Å². The number of nitrogens with one attached hydrogen (secondary N) is 1. The molecule has 0 aromatic rings. The Kier molecular flexibility index (Phi) is 3.72. The third-order valence-electron chi connectivity index (χ3n) is 0.0825. The van der Waals surface area contributed by atoms with Crippen molar-refractivity contribution < 1.29 is 0 Å². The molecule has 0 heterocycles. The zero-order chi connectivity index (χ0) is 4.12. The van der Waals surface area contributed by atoms with Gasteiger partial charge in [0, 0.05) is 0 Å². The van der Waals surface area contributed by atoms with Crippen LogP contribution in [0.25, 0.3) is 10.4 Å². The Balaban J connectivity index is 2.93. The lowest BCUT2D eigenvalue weighted by Gasteiger charge is -1.62. The maximum absolute atomic E-state index is 7.46. The van der Waals surface area contributed by atoms with Crippen molar-refractivity contribution in [2.45, 2.75) is 0 Å². The Morgan fingerprint density at radius 3 is 2.60 bits per heavy atom. The van der Waals surface area contributed by atoms with Gasteiger partial charge in [-0.25, -0.2) is 3.64 Å². The number of nitrogens with zero attached hydrogens (tertiary/aromatic N) is 3. The monoisotopic (exact) mass is 184 g/mol. The van der Waals surface area contributed by atoms with E-state index in [4.69, 9.17) is 5.53 Å². The van der Waals surface area contributed by atoms with E-state index in [1.54, 1.807) is 22.9 Å². The molecule has 0 aromatic heterocycles. The van der Waals surface area contributed by atoms with Crippen molar-refractivity contribution >= 4 is 22.9 Å². The molecule has 5 heteroatoms. The van der Waals surface area contributed by atoms with Gasteiger partial charge in [-0.2, -0.15) is 4.91 Å².